The number of aliphatic hydroxyl groups excluding tert-OH is 3. The van der Waals surface area contributed by atoms with E-state index in [1.807, 2.05) is 13.8 Å². The SMILES string of the molecule is CCOC(=O)OC[C@H]1O[C@@H](Oc2nn(C(C)C)c(C)c2Cc2cc(F)c(OC)c(F)c2)[C@H](O)[C@@H](O)[C@@H]1O. The Balaban J connectivity index is 1.88. The van der Waals surface area contributed by atoms with E-state index in [1.165, 1.54) is 0 Å². The number of halogens is 2. The van der Waals surface area contributed by atoms with E-state index in [1.54, 1.807) is 18.5 Å². The number of carbonyl (C=O) groups is 1. The van der Waals surface area contributed by atoms with Gasteiger partial charge in [-0.15, -0.1) is 5.10 Å². The van der Waals surface area contributed by atoms with Gasteiger partial charge in [-0.3, -0.25) is 4.68 Å². The van der Waals surface area contributed by atoms with Gasteiger partial charge in [-0.1, -0.05) is 0 Å². The minimum absolute atomic E-state index is 0.00904. The third-order valence-electron chi connectivity index (χ3n) is 5.89. The van der Waals surface area contributed by atoms with Crippen LogP contribution in [0.3, 0.4) is 0 Å². The summed E-state index contributed by atoms with van der Waals surface area (Å²) >= 11 is 0. The van der Waals surface area contributed by atoms with E-state index in [-0.39, 0.29) is 30.5 Å². The predicted molar refractivity (Wildman–Crippen MR) is 123 cm³/mol. The Labute approximate surface area is 212 Å². The fraction of sp³-hybridized carbons (Fsp3) is 0.583. The highest BCUT2D eigenvalue weighted by atomic mass is 19.1. The molecule has 0 spiro atoms. The highest BCUT2D eigenvalue weighted by molar-refractivity contribution is 5.59. The number of aliphatic hydroxyl groups is 3. The van der Waals surface area contributed by atoms with E-state index < -0.39 is 60.9 Å². The van der Waals surface area contributed by atoms with E-state index in [0.29, 0.717) is 11.3 Å². The summed E-state index contributed by atoms with van der Waals surface area (Å²) in [4.78, 5) is 11.5. The number of hydrogen-bond acceptors (Lipinski definition) is 10. The topological polar surface area (TPSA) is 142 Å². The summed E-state index contributed by atoms with van der Waals surface area (Å²) in [7, 11) is 1.16. The van der Waals surface area contributed by atoms with Crippen LogP contribution in [-0.4, -0.2) is 82.3 Å². The van der Waals surface area contributed by atoms with Gasteiger partial charge in [0, 0.05) is 23.7 Å². The molecule has 3 rings (SSSR count). The quantitative estimate of drug-likeness (QED) is 0.412. The van der Waals surface area contributed by atoms with Crippen molar-refractivity contribution >= 4 is 6.16 Å². The summed E-state index contributed by atoms with van der Waals surface area (Å²) in [5.74, 6) is -2.26. The molecule has 0 aliphatic carbocycles. The maximum absolute atomic E-state index is 14.3. The Morgan fingerprint density at radius 3 is 2.35 bits per heavy atom. The van der Waals surface area contributed by atoms with Gasteiger partial charge in [0.05, 0.1) is 13.7 Å². The molecule has 1 aliphatic heterocycles. The Morgan fingerprint density at radius 1 is 1.14 bits per heavy atom. The molecule has 37 heavy (non-hydrogen) atoms. The van der Waals surface area contributed by atoms with E-state index in [0.717, 1.165) is 19.2 Å². The summed E-state index contributed by atoms with van der Waals surface area (Å²) < 4.78 is 55.9. The Kier molecular flexibility index (Phi) is 9.29. The average Bonchev–Trinajstić information content (AvgIpc) is 3.13. The molecule has 1 saturated heterocycles. The van der Waals surface area contributed by atoms with Crippen LogP contribution in [0.5, 0.6) is 11.6 Å². The lowest BCUT2D eigenvalue weighted by Crippen LogP contribution is -2.60. The molecule has 0 unspecified atom stereocenters. The lowest BCUT2D eigenvalue weighted by Gasteiger charge is -2.39. The number of carbonyl (C=O) groups excluding carboxylic acids is 1. The molecule has 2 heterocycles. The number of ether oxygens (including phenoxy) is 5. The molecule has 13 heteroatoms. The van der Waals surface area contributed by atoms with Crippen molar-refractivity contribution in [2.45, 2.75) is 70.9 Å². The Bertz CT molecular complexity index is 1070. The molecule has 5 atom stereocenters. The normalized spacial score (nSPS) is 23.7. The van der Waals surface area contributed by atoms with Crippen LogP contribution in [0.25, 0.3) is 0 Å². The van der Waals surface area contributed by atoms with Crippen LogP contribution >= 0.6 is 0 Å². The summed E-state index contributed by atoms with van der Waals surface area (Å²) in [5, 5.41) is 35.5. The molecule has 206 valence electrons. The monoisotopic (exact) mass is 530 g/mol. The minimum atomic E-state index is -1.70. The van der Waals surface area contributed by atoms with Crippen LogP contribution in [-0.2, 0) is 20.6 Å². The van der Waals surface area contributed by atoms with E-state index in [9.17, 15) is 28.9 Å². The molecular formula is C24H32F2N2O9. The van der Waals surface area contributed by atoms with Crippen LogP contribution in [0.1, 0.15) is 43.6 Å². The third-order valence-corrected chi connectivity index (χ3v) is 5.89. The standard InChI is InChI=1S/C24H32F2N2O9/c1-6-34-24(32)35-10-17-18(29)19(30)20(31)23(36-17)37-22-14(12(4)28(27-22)11(2)3)7-13-8-15(25)21(33-5)16(26)9-13/h8-9,11,17-20,23,29-31H,6-7,10H2,1-5H3/t17-,18-,19+,20-,23+/m1/s1. The molecule has 2 aromatic rings. The van der Waals surface area contributed by atoms with Crippen LogP contribution in [0.4, 0.5) is 13.6 Å². The lowest BCUT2D eigenvalue weighted by molar-refractivity contribution is -0.278. The second kappa shape index (κ2) is 12.0. The molecule has 0 bridgehead atoms. The van der Waals surface area contributed by atoms with Gasteiger partial charge in [-0.25, -0.2) is 13.6 Å². The summed E-state index contributed by atoms with van der Waals surface area (Å²) in [5.41, 5.74) is 1.36. The van der Waals surface area contributed by atoms with Crippen molar-refractivity contribution in [2.24, 2.45) is 0 Å². The van der Waals surface area contributed by atoms with Gasteiger partial charge in [-0.2, -0.15) is 0 Å². The van der Waals surface area contributed by atoms with Gasteiger partial charge in [0.1, 0.15) is 31.0 Å². The van der Waals surface area contributed by atoms with E-state index in [4.69, 9.17) is 18.9 Å². The molecule has 1 aromatic heterocycles. The number of nitrogens with zero attached hydrogens (tertiary/aromatic N) is 2. The first-order valence-corrected chi connectivity index (χ1v) is 11.7. The Hall–Kier alpha value is -3.00. The zero-order chi connectivity index (χ0) is 27.4. The number of benzene rings is 1. The molecule has 1 aliphatic rings. The number of rotatable bonds is 9. The van der Waals surface area contributed by atoms with Crippen molar-refractivity contribution in [3.63, 3.8) is 0 Å². The van der Waals surface area contributed by atoms with Gasteiger partial charge in [-0.05, 0) is 45.4 Å². The van der Waals surface area contributed by atoms with Crippen molar-refractivity contribution in [2.75, 3.05) is 20.3 Å². The molecule has 11 nitrogen and oxygen atoms in total. The zero-order valence-corrected chi connectivity index (χ0v) is 21.2. The summed E-state index contributed by atoms with van der Waals surface area (Å²) in [6.45, 7) is 6.66. The fourth-order valence-corrected chi connectivity index (χ4v) is 4.01. The number of aromatic nitrogens is 2. The van der Waals surface area contributed by atoms with Gasteiger partial charge in [0.15, 0.2) is 17.4 Å². The van der Waals surface area contributed by atoms with Crippen molar-refractivity contribution in [3.8, 4) is 11.6 Å². The molecular weight excluding hydrogens is 498 g/mol. The minimum Gasteiger partial charge on any atom is -0.491 e. The van der Waals surface area contributed by atoms with E-state index >= 15 is 0 Å². The number of methoxy groups -OCH3 is 1. The molecule has 1 fully saturated rings. The van der Waals surface area contributed by atoms with Crippen LogP contribution < -0.4 is 9.47 Å². The van der Waals surface area contributed by atoms with Gasteiger partial charge < -0.3 is 39.0 Å². The highest BCUT2D eigenvalue weighted by Gasteiger charge is 2.46. The molecule has 1 aromatic carbocycles. The number of hydrogen-bond donors (Lipinski definition) is 3. The molecule has 3 N–H and O–H groups in total. The second-order valence-corrected chi connectivity index (χ2v) is 8.80. The van der Waals surface area contributed by atoms with Crippen molar-refractivity contribution in [3.05, 3.63) is 40.6 Å². The average molecular weight is 531 g/mol. The maximum Gasteiger partial charge on any atom is 0.508 e. The maximum atomic E-state index is 14.3. The lowest BCUT2D eigenvalue weighted by atomic mass is 9.99. The van der Waals surface area contributed by atoms with Crippen LogP contribution in [0, 0.1) is 18.6 Å². The van der Waals surface area contributed by atoms with Crippen LogP contribution in [0.2, 0.25) is 0 Å². The first kappa shape index (κ1) is 28.6. The van der Waals surface area contributed by atoms with Crippen molar-refractivity contribution in [1.82, 2.24) is 9.78 Å². The van der Waals surface area contributed by atoms with Crippen LogP contribution in [0.15, 0.2) is 12.1 Å². The highest BCUT2D eigenvalue weighted by Crippen LogP contribution is 2.32. The van der Waals surface area contributed by atoms with Crippen molar-refractivity contribution in [1.29, 1.82) is 0 Å². The van der Waals surface area contributed by atoms with Gasteiger partial charge in [0.2, 0.25) is 12.2 Å². The summed E-state index contributed by atoms with van der Waals surface area (Å²) in [6.07, 6.45) is -8.75. The molecule has 0 saturated carbocycles. The first-order valence-electron chi connectivity index (χ1n) is 11.7. The Morgan fingerprint density at radius 2 is 1.78 bits per heavy atom. The predicted octanol–water partition coefficient (Wildman–Crippen LogP) is 2.01. The molecule has 0 radical (unpaired) electrons. The first-order chi connectivity index (χ1) is 17.5. The third kappa shape index (κ3) is 6.29. The smallest absolute Gasteiger partial charge is 0.491 e. The largest absolute Gasteiger partial charge is 0.508 e. The van der Waals surface area contributed by atoms with E-state index in [2.05, 4.69) is 9.84 Å². The summed E-state index contributed by atoms with van der Waals surface area (Å²) in [6, 6.07) is 2.15. The van der Waals surface area contributed by atoms with Gasteiger partial charge >= 0.3 is 6.16 Å². The van der Waals surface area contributed by atoms with Gasteiger partial charge in [0.25, 0.3) is 0 Å². The fourth-order valence-electron chi connectivity index (χ4n) is 4.01. The van der Waals surface area contributed by atoms with Crippen molar-refractivity contribution < 1.29 is 52.6 Å². The molecule has 0 amide bonds. The zero-order valence-electron chi connectivity index (χ0n) is 21.2. The second-order valence-electron chi connectivity index (χ2n) is 8.80.